The summed E-state index contributed by atoms with van der Waals surface area (Å²) in [5, 5.41) is 22.8. The minimum absolute atomic E-state index is 0.0514. The van der Waals surface area contributed by atoms with E-state index in [-0.39, 0.29) is 52.4 Å². The maximum absolute atomic E-state index is 15.7. The highest BCUT2D eigenvalue weighted by Gasteiger charge is 2.46. The molecule has 0 bridgehead atoms. The van der Waals surface area contributed by atoms with Crippen molar-refractivity contribution in [2.75, 3.05) is 0 Å². The standard InChI is InChI=1S/C34H24F3N7O3/c35-25-10-20(15-38)4-5-22(25)16-47-32-3-1-2-28(42-32)24-14-26(36)23(11-27(24)37)13-31-41-29-7-6-21(33(45)46)12-30(29)43(31)17-34(8-9-34)44-19-39-18-40-44/h1-7,10-12,14,18-19H,8-9,13,16-17H2,(H,45,46). The molecule has 13 heteroatoms. The van der Waals surface area contributed by atoms with Crippen LogP contribution in [0.25, 0.3) is 22.3 Å². The molecule has 47 heavy (non-hydrogen) atoms. The van der Waals surface area contributed by atoms with Crippen molar-refractivity contribution in [3.63, 3.8) is 0 Å². The van der Waals surface area contributed by atoms with E-state index in [2.05, 4.69) is 15.1 Å². The molecule has 0 amide bonds. The molecule has 0 aliphatic heterocycles. The number of ether oxygens (including phenoxy) is 1. The largest absolute Gasteiger partial charge is 0.478 e. The summed E-state index contributed by atoms with van der Waals surface area (Å²) in [7, 11) is 0. The van der Waals surface area contributed by atoms with Gasteiger partial charge >= 0.3 is 5.97 Å². The summed E-state index contributed by atoms with van der Waals surface area (Å²) in [4.78, 5) is 24.8. The second kappa shape index (κ2) is 11.7. The molecule has 0 atom stereocenters. The molecule has 3 aromatic carbocycles. The molecule has 0 saturated heterocycles. The number of carbonyl (C=O) groups is 1. The average molecular weight is 636 g/mol. The smallest absolute Gasteiger partial charge is 0.335 e. The van der Waals surface area contributed by atoms with Gasteiger partial charge in [0.05, 0.1) is 39.5 Å². The second-order valence-corrected chi connectivity index (χ2v) is 11.4. The lowest BCUT2D eigenvalue weighted by molar-refractivity contribution is 0.0697. The van der Waals surface area contributed by atoms with Crippen LogP contribution in [-0.2, 0) is 25.1 Å². The monoisotopic (exact) mass is 635 g/mol. The van der Waals surface area contributed by atoms with Gasteiger partial charge in [0.15, 0.2) is 0 Å². The van der Waals surface area contributed by atoms with Crippen molar-refractivity contribution >= 4 is 17.0 Å². The summed E-state index contributed by atoms with van der Waals surface area (Å²) in [6, 6.07) is 17.2. The molecule has 0 spiro atoms. The molecule has 3 heterocycles. The lowest BCUT2D eigenvalue weighted by atomic mass is 10.0. The summed E-state index contributed by atoms with van der Waals surface area (Å²) in [5.74, 6) is -2.59. The van der Waals surface area contributed by atoms with Crippen molar-refractivity contribution in [1.29, 1.82) is 5.26 Å². The fourth-order valence-electron chi connectivity index (χ4n) is 5.59. The van der Waals surface area contributed by atoms with Crippen LogP contribution >= 0.6 is 0 Å². The number of carboxylic acids is 1. The molecule has 0 radical (unpaired) electrons. The Morgan fingerprint density at radius 1 is 0.979 bits per heavy atom. The van der Waals surface area contributed by atoms with Crippen LogP contribution in [0.5, 0.6) is 5.88 Å². The van der Waals surface area contributed by atoms with E-state index in [1.807, 2.05) is 10.6 Å². The Kier molecular flexibility index (Phi) is 7.40. The lowest BCUT2D eigenvalue weighted by Gasteiger charge is -2.19. The van der Waals surface area contributed by atoms with Crippen LogP contribution in [-0.4, -0.2) is 40.4 Å². The number of aromatic nitrogens is 6. The normalized spacial score (nSPS) is 13.4. The number of halogens is 3. The van der Waals surface area contributed by atoms with Gasteiger partial charge in [-0.2, -0.15) is 10.4 Å². The number of nitriles is 1. The Balaban J connectivity index is 1.18. The van der Waals surface area contributed by atoms with Gasteiger partial charge in [-0.05, 0) is 66.9 Å². The van der Waals surface area contributed by atoms with Crippen molar-refractivity contribution in [2.24, 2.45) is 0 Å². The van der Waals surface area contributed by atoms with Crippen molar-refractivity contribution in [1.82, 2.24) is 29.3 Å². The van der Waals surface area contributed by atoms with E-state index in [1.54, 1.807) is 23.1 Å². The Morgan fingerprint density at radius 2 is 1.81 bits per heavy atom. The number of imidazole rings is 1. The number of carboxylic acid groups (broad SMARTS) is 1. The van der Waals surface area contributed by atoms with Crippen LogP contribution in [0, 0.1) is 28.8 Å². The van der Waals surface area contributed by atoms with E-state index < -0.39 is 29.0 Å². The summed E-state index contributed by atoms with van der Waals surface area (Å²) in [6.07, 6.45) is 4.62. The fourth-order valence-corrected chi connectivity index (χ4v) is 5.59. The van der Waals surface area contributed by atoms with Gasteiger partial charge in [-0.25, -0.2) is 37.6 Å². The van der Waals surface area contributed by atoms with E-state index in [1.165, 1.54) is 42.7 Å². The maximum Gasteiger partial charge on any atom is 0.335 e. The molecule has 1 aliphatic carbocycles. The number of pyridine rings is 1. The third kappa shape index (κ3) is 5.77. The van der Waals surface area contributed by atoms with E-state index in [0.717, 1.165) is 31.0 Å². The first kappa shape index (κ1) is 29.7. The molecular formula is C34H24F3N7O3. The van der Waals surface area contributed by atoms with Crippen molar-refractivity contribution in [3.8, 4) is 23.2 Å². The summed E-state index contributed by atoms with van der Waals surface area (Å²) in [6.45, 7) is 0.202. The number of aromatic carboxylic acids is 1. The molecule has 6 aromatic rings. The lowest BCUT2D eigenvalue weighted by Crippen LogP contribution is -2.25. The van der Waals surface area contributed by atoms with Crippen molar-refractivity contribution in [3.05, 3.63) is 125 Å². The van der Waals surface area contributed by atoms with Gasteiger partial charge in [0.1, 0.15) is 42.5 Å². The highest BCUT2D eigenvalue weighted by atomic mass is 19.1. The first-order valence-electron chi connectivity index (χ1n) is 14.6. The highest BCUT2D eigenvalue weighted by molar-refractivity contribution is 5.92. The van der Waals surface area contributed by atoms with Crippen LogP contribution in [0.2, 0.25) is 0 Å². The Hall–Kier alpha value is -6.03. The number of hydrogen-bond donors (Lipinski definition) is 1. The van der Waals surface area contributed by atoms with Crippen molar-refractivity contribution in [2.45, 2.75) is 38.0 Å². The SMILES string of the molecule is N#Cc1ccc(COc2cccc(-c3cc(F)c(Cc4nc5ccc(C(=O)O)cc5n4CC4(n5cncn5)CC4)cc3F)n2)c(F)c1. The molecule has 1 fully saturated rings. The fraction of sp³-hybridized carbons (Fsp3) is 0.176. The van der Waals surface area contributed by atoms with Gasteiger partial charge in [0, 0.05) is 30.2 Å². The first-order chi connectivity index (χ1) is 22.7. The third-order valence-electron chi connectivity index (χ3n) is 8.30. The van der Waals surface area contributed by atoms with Gasteiger partial charge < -0.3 is 14.4 Å². The van der Waals surface area contributed by atoms with Crippen LogP contribution in [0.3, 0.4) is 0 Å². The molecule has 7 rings (SSSR count). The van der Waals surface area contributed by atoms with Crippen molar-refractivity contribution < 1.29 is 27.8 Å². The Labute approximate surface area is 265 Å². The number of rotatable bonds is 10. The van der Waals surface area contributed by atoms with Crippen LogP contribution in [0.15, 0.2) is 79.4 Å². The molecule has 0 unspecified atom stereocenters. The molecule has 3 aromatic heterocycles. The van der Waals surface area contributed by atoms with Gasteiger partial charge in [-0.3, -0.25) is 0 Å². The molecule has 1 aliphatic rings. The summed E-state index contributed by atoms with van der Waals surface area (Å²) in [5.41, 5.74) is 1.23. The van der Waals surface area contributed by atoms with E-state index >= 15 is 8.78 Å². The minimum Gasteiger partial charge on any atom is -0.478 e. The number of nitrogens with zero attached hydrogens (tertiary/aromatic N) is 7. The predicted molar refractivity (Wildman–Crippen MR) is 162 cm³/mol. The zero-order valence-corrected chi connectivity index (χ0v) is 24.6. The number of fused-ring (bicyclic) bond motifs is 1. The molecule has 1 N–H and O–H groups in total. The second-order valence-electron chi connectivity index (χ2n) is 11.4. The van der Waals surface area contributed by atoms with Gasteiger partial charge in [0.25, 0.3) is 0 Å². The zero-order chi connectivity index (χ0) is 32.7. The topological polar surface area (TPSA) is 132 Å². The van der Waals surface area contributed by atoms with Gasteiger partial charge in [0.2, 0.25) is 5.88 Å². The number of benzene rings is 3. The number of hydrogen-bond acceptors (Lipinski definition) is 7. The van der Waals surface area contributed by atoms with Crippen LogP contribution in [0.1, 0.15) is 45.7 Å². The van der Waals surface area contributed by atoms with Gasteiger partial charge in [-0.1, -0.05) is 12.1 Å². The van der Waals surface area contributed by atoms with E-state index in [0.29, 0.717) is 23.4 Å². The molecular weight excluding hydrogens is 611 g/mol. The third-order valence-corrected chi connectivity index (χ3v) is 8.30. The quantitative estimate of drug-likeness (QED) is 0.193. The van der Waals surface area contributed by atoms with E-state index in [9.17, 15) is 14.3 Å². The zero-order valence-electron chi connectivity index (χ0n) is 24.6. The summed E-state index contributed by atoms with van der Waals surface area (Å²) >= 11 is 0. The molecule has 234 valence electrons. The van der Waals surface area contributed by atoms with E-state index in [4.69, 9.17) is 15.0 Å². The molecule has 10 nitrogen and oxygen atoms in total. The molecule has 1 saturated carbocycles. The minimum atomic E-state index is -1.09. The Morgan fingerprint density at radius 3 is 2.53 bits per heavy atom. The van der Waals surface area contributed by atoms with Gasteiger partial charge in [-0.15, -0.1) is 0 Å². The predicted octanol–water partition coefficient (Wildman–Crippen LogP) is 6.04. The Bertz CT molecular complexity index is 2210. The average Bonchev–Trinajstić information content (AvgIpc) is 3.47. The maximum atomic E-state index is 15.7. The first-order valence-corrected chi connectivity index (χ1v) is 14.6. The van der Waals surface area contributed by atoms with Crippen LogP contribution < -0.4 is 4.74 Å². The summed E-state index contributed by atoms with van der Waals surface area (Å²) < 4.78 is 54.8. The highest BCUT2D eigenvalue weighted by Crippen LogP contribution is 2.45. The van der Waals surface area contributed by atoms with Crippen LogP contribution in [0.4, 0.5) is 13.2 Å².